The van der Waals surface area contributed by atoms with Crippen LogP contribution in [-0.2, 0) is 11.2 Å². The quantitative estimate of drug-likeness (QED) is 0.684. The van der Waals surface area contributed by atoms with Gasteiger partial charge in [0.2, 0.25) is 0 Å². The first-order valence-corrected chi connectivity index (χ1v) is 7.93. The van der Waals surface area contributed by atoms with E-state index in [9.17, 15) is 14.0 Å². The van der Waals surface area contributed by atoms with Crippen molar-refractivity contribution in [2.75, 3.05) is 18.6 Å². The summed E-state index contributed by atoms with van der Waals surface area (Å²) in [7, 11) is 0. The van der Waals surface area contributed by atoms with E-state index in [0.717, 1.165) is 5.56 Å². The monoisotopic (exact) mass is 314 g/mol. The lowest BCUT2D eigenvalue weighted by Crippen LogP contribution is -2.46. The van der Waals surface area contributed by atoms with E-state index in [1.807, 2.05) is 6.26 Å². The number of amides is 2. The molecule has 0 saturated heterocycles. The third-order valence-corrected chi connectivity index (χ3v) is 3.45. The van der Waals surface area contributed by atoms with Crippen LogP contribution in [0.2, 0.25) is 0 Å². The Morgan fingerprint density at radius 1 is 1.43 bits per heavy atom. The average Bonchev–Trinajstić information content (AvgIpc) is 2.43. The normalized spacial score (nSPS) is 11.7. The molecule has 0 bridgehead atoms. The molecule has 0 aromatic heterocycles. The standard InChI is InChI=1S/C14H19FN2O3S/c1-21-8-6-12(13(18)19)17-14(20)16-7-5-10-3-2-4-11(15)9-10/h2-4,9,12H,5-8H2,1H3,(H,18,19)(H2,16,17,20). The van der Waals surface area contributed by atoms with Crippen LogP contribution in [0.5, 0.6) is 0 Å². The Hall–Kier alpha value is -1.76. The average molecular weight is 314 g/mol. The molecule has 5 nitrogen and oxygen atoms in total. The van der Waals surface area contributed by atoms with E-state index < -0.39 is 18.0 Å². The molecule has 116 valence electrons. The highest BCUT2D eigenvalue weighted by Gasteiger charge is 2.18. The zero-order valence-electron chi connectivity index (χ0n) is 11.8. The lowest BCUT2D eigenvalue weighted by Gasteiger charge is -2.14. The van der Waals surface area contributed by atoms with Gasteiger partial charge in [-0.15, -0.1) is 0 Å². The number of rotatable bonds is 8. The molecule has 21 heavy (non-hydrogen) atoms. The summed E-state index contributed by atoms with van der Waals surface area (Å²) >= 11 is 1.52. The van der Waals surface area contributed by atoms with Crippen molar-refractivity contribution in [1.29, 1.82) is 0 Å². The predicted octanol–water partition coefficient (Wildman–Crippen LogP) is 1.87. The van der Waals surface area contributed by atoms with E-state index in [1.54, 1.807) is 12.1 Å². The van der Waals surface area contributed by atoms with Gasteiger partial charge in [-0.2, -0.15) is 11.8 Å². The van der Waals surface area contributed by atoms with Crippen molar-refractivity contribution in [1.82, 2.24) is 10.6 Å². The minimum absolute atomic E-state index is 0.310. The molecule has 0 fully saturated rings. The van der Waals surface area contributed by atoms with Crippen LogP contribution in [-0.4, -0.2) is 41.7 Å². The van der Waals surface area contributed by atoms with Crippen LogP contribution in [0.4, 0.5) is 9.18 Å². The summed E-state index contributed by atoms with van der Waals surface area (Å²) in [6.07, 6.45) is 2.72. The molecule has 0 aliphatic rings. The van der Waals surface area contributed by atoms with Gasteiger partial charge in [0, 0.05) is 6.54 Å². The molecule has 1 atom stereocenters. The molecule has 7 heteroatoms. The van der Waals surface area contributed by atoms with Crippen LogP contribution in [0.1, 0.15) is 12.0 Å². The number of carbonyl (C=O) groups is 2. The van der Waals surface area contributed by atoms with Gasteiger partial charge < -0.3 is 15.7 Å². The second-order valence-corrected chi connectivity index (χ2v) is 5.44. The fraction of sp³-hybridized carbons (Fsp3) is 0.429. The number of carbonyl (C=O) groups excluding carboxylic acids is 1. The Balaban J connectivity index is 2.34. The van der Waals surface area contributed by atoms with Gasteiger partial charge in [0.1, 0.15) is 11.9 Å². The van der Waals surface area contributed by atoms with Crippen molar-refractivity contribution < 1.29 is 19.1 Å². The number of nitrogens with one attached hydrogen (secondary N) is 2. The molecule has 1 aromatic rings. The summed E-state index contributed by atoms with van der Waals surface area (Å²) in [6.45, 7) is 0.310. The van der Waals surface area contributed by atoms with Crippen LogP contribution in [0.3, 0.4) is 0 Å². The topological polar surface area (TPSA) is 78.4 Å². The van der Waals surface area contributed by atoms with E-state index >= 15 is 0 Å². The second kappa shape index (κ2) is 9.23. The molecular formula is C14H19FN2O3S. The van der Waals surface area contributed by atoms with Crippen LogP contribution in [0, 0.1) is 5.82 Å². The van der Waals surface area contributed by atoms with Crippen molar-refractivity contribution in [3.63, 3.8) is 0 Å². The highest BCUT2D eigenvalue weighted by molar-refractivity contribution is 7.98. The number of aliphatic carboxylic acids is 1. The van der Waals surface area contributed by atoms with Gasteiger partial charge in [0.15, 0.2) is 0 Å². The molecule has 0 spiro atoms. The Labute approximate surface area is 127 Å². The molecule has 0 aliphatic carbocycles. The lowest BCUT2D eigenvalue weighted by molar-refractivity contribution is -0.139. The van der Waals surface area contributed by atoms with E-state index in [-0.39, 0.29) is 5.82 Å². The first-order valence-electron chi connectivity index (χ1n) is 6.53. The fourth-order valence-corrected chi connectivity index (χ4v) is 2.19. The summed E-state index contributed by atoms with van der Waals surface area (Å²) in [5, 5.41) is 14.0. The summed E-state index contributed by atoms with van der Waals surface area (Å²) in [6, 6.07) is 4.70. The molecular weight excluding hydrogens is 295 g/mol. The molecule has 1 unspecified atom stereocenters. The number of urea groups is 1. The summed E-state index contributed by atoms with van der Waals surface area (Å²) in [5.74, 6) is -0.718. The lowest BCUT2D eigenvalue weighted by atomic mass is 10.1. The highest BCUT2D eigenvalue weighted by Crippen LogP contribution is 2.04. The molecule has 1 aromatic carbocycles. The predicted molar refractivity (Wildman–Crippen MR) is 81.1 cm³/mol. The second-order valence-electron chi connectivity index (χ2n) is 4.45. The molecule has 0 aliphatic heterocycles. The van der Waals surface area contributed by atoms with E-state index in [4.69, 9.17) is 5.11 Å². The molecule has 2 amide bonds. The summed E-state index contributed by atoms with van der Waals surface area (Å²) in [5.41, 5.74) is 0.771. The highest BCUT2D eigenvalue weighted by atomic mass is 32.2. The third-order valence-electron chi connectivity index (χ3n) is 2.80. The molecule has 0 radical (unpaired) electrons. The van der Waals surface area contributed by atoms with Crippen molar-refractivity contribution in [2.24, 2.45) is 0 Å². The first kappa shape index (κ1) is 17.3. The van der Waals surface area contributed by atoms with Crippen molar-refractivity contribution in [3.8, 4) is 0 Å². The van der Waals surface area contributed by atoms with Gasteiger partial charge in [-0.1, -0.05) is 12.1 Å². The van der Waals surface area contributed by atoms with Gasteiger partial charge in [-0.3, -0.25) is 0 Å². The molecule has 1 rings (SSSR count). The van der Waals surface area contributed by atoms with E-state index in [0.29, 0.717) is 25.1 Å². The zero-order chi connectivity index (χ0) is 15.7. The minimum Gasteiger partial charge on any atom is -0.480 e. The maximum atomic E-state index is 13.0. The van der Waals surface area contributed by atoms with Crippen molar-refractivity contribution in [2.45, 2.75) is 18.9 Å². The number of hydrogen-bond acceptors (Lipinski definition) is 3. The van der Waals surface area contributed by atoms with E-state index in [1.165, 1.54) is 23.9 Å². The Kier molecular flexibility index (Phi) is 7.60. The molecule has 0 saturated carbocycles. The maximum absolute atomic E-state index is 13.0. The third kappa shape index (κ3) is 6.99. The number of carboxylic acid groups (broad SMARTS) is 1. The Morgan fingerprint density at radius 2 is 2.19 bits per heavy atom. The number of benzene rings is 1. The van der Waals surface area contributed by atoms with Gasteiger partial charge in [-0.05, 0) is 42.5 Å². The smallest absolute Gasteiger partial charge is 0.326 e. The number of hydrogen-bond donors (Lipinski definition) is 3. The Morgan fingerprint density at radius 3 is 2.81 bits per heavy atom. The van der Waals surface area contributed by atoms with E-state index in [2.05, 4.69) is 10.6 Å². The molecule has 0 heterocycles. The molecule has 3 N–H and O–H groups in total. The first-order chi connectivity index (χ1) is 10.0. The van der Waals surface area contributed by atoms with Gasteiger partial charge >= 0.3 is 12.0 Å². The summed E-state index contributed by atoms with van der Waals surface area (Å²) < 4.78 is 13.0. The zero-order valence-corrected chi connectivity index (χ0v) is 12.6. The van der Waals surface area contributed by atoms with Crippen LogP contribution in [0.25, 0.3) is 0 Å². The SMILES string of the molecule is CSCCC(NC(=O)NCCc1cccc(F)c1)C(=O)O. The van der Waals surface area contributed by atoms with Gasteiger partial charge in [-0.25, -0.2) is 14.0 Å². The van der Waals surface area contributed by atoms with Gasteiger partial charge in [0.05, 0.1) is 0 Å². The number of halogens is 1. The Bertz CT molecular complexity index is 485. The van der Waals surface area contributed by atoms with Crippen LogP contribution >= 0.6 is 11.8 Å². The largest absolute Gasteiger partial charge is 0.480 e. The number of thioether (sulfide) groups is 1. The maximum Gasteiger partial charge on any atom is 0.326 e. The van der Waals surface area contributed by atoms with Gasteiger partial charge in [0.25, 0.3) is 0 Å². The van der Waals surface area contributed by atoms with Crippen molar-refractivity contribution in [3.05, 3.63) is 35.6 Å². The minimum atomic E-state index is -1.05. The fourth-order valence-electron chi connectivity index (χ4n) is 1.72. The van der Waals surface area contributed by atoms with Crippen LogP contribution < -0.4 is 10.6 Å². The number of carboxylic acids is 1. The van der Waals surface area contributed by atoms with Crippen LogP contribution in [0.15, 0.2) is 24.3 Å². The van der Waals surface area contributed by atoms with Crippen molar-refractivity contribution >= 4 is 23.8 Å². The summed E-state index contributed by atoms with van der Waals surface area (Å²) in [4.78, 5) is 22.6.